The zero-order valence-electron chi connectivity index (χ0n) is 15.7. The minimum atomic E-state index is -4.41. The first-order valence-corrected chi connectivity index (χ1v) is 10.2. The molecule has 7 nitrogen and oxygen atoms in total. The number of sulfonamides is 1. The van der Waals surface area contributed by atoms with Gasteiger partial charge in [-0.2, -0.15) is 4.98 Å². The van der Waals surface area contributed by atoms with Crippen molar-refractivity contribution in [2.75, 3.05) is 21.9 Å². The average Bonchev–Trinajstić information content (AvgIpc) is 2.62. The molecule has 0 aliphatic heterocycles. The van der Waals surface area contributed by atoms with Gasteiger partial charge in [-0.1, -0.05) is 6.07 Å². The van der Waals surface area contributed by atoms with Gasteiger partial charge in [0.2, 0.25) is 5.95 Å². The largest absolute Gasteiger partial charge is 0.354 e. The van der Waals surface area contributed by atoms with Crippen molar-refractivity contribution in [2.24, 2.45) is 0 Å². The van der Waals surface area contributed by atoms with E-state index in [9.17, 15) is 17.2 Å². The molecule has 0 saturated heterocycles. The van der Waals surface area contributed by atoms with E-state index in [2.05, 4.69) is 25.3 Å². The van der Waals surface area contributed by atoms with Crippen LogP contribution in [0.3, 0.4) is 0 Å². The van der Waals surface area contributed by atoms with Gasteiger partial charge in [0.25, 0.3) is 10.0 Å². The zero-order valence-corrected chi connectivity index (χ0v) is 16.5. The number of aryl methyl sites for hydroxylation is 1. The molecule has 10 heteroatoms. The van der Waals surface area contributed by atoms with Crippen molar-refractivity contribution in [3.8, 4) is 0 Å². The van der Waals surface area contributed by atoms with Crippen LogP contribution in [0.4, 0.5) is 31.9 Å². The summed E-state index contributed by atoms with van der Waals surface area (Å²) in [6.45, 7) is 4.46. The fourth-order valence-electron chi connectivity index (χ4n) is 2.58. The second kappa shape index (κ2) is 8.39. The Morgan fingerprint density at radius 1 is 0.966 bits per heavy atom. The van der Waals surface area contributed by atoms with Crippen LogP contribution in [-0.2, 0) is 10.0 Å². The summed E-state index contributed by atoms with van der Waals surface area (Å²) < 4.78 is 54.4. The third kappa shape index (κ3) is 4.96. The fourth-order valence-corrected chi connectivity index (χ4v) is 3.78. The molecule has 0 fully saturated rings. The second-order valence-corrected chi connectivity index (χ2v) is 7.73. The molecule has 0 atom stereocenters. The van der Waals surface area contributed by atoms with Crippen molar-refractivity contribution in [3.05, 3.63) is 65.9 Å². The minimum absolute atomic E-state index is 0.158. The van der Waals surface area contributed by atoms with Crippen molar-refractivity contribution in [2.45, 2.75) is 18.7 Å². The van der Waals surface area contributed by atoms with Crippen LogP contribution in [0.15, 0.2) is 53.4 Å². The van der Waals surface area contributed by atoms with Gasteiger partial charge in [-0.05, 0) is 50.2 Å². The Hall–Kier alpha value is -3.27. The highest BCUT2D eigenvalue weighted by molar-refractivity contribution is 7.92. The Morgan fingerprint density at radius 3 is 2.21 bits per heavy atom. The van der Waals surface area contributed by atoms with E-state index in [4.69, 9.17) is 0 Å². The first-order valence-electron chi connectivity index (χ1n) is 8.72. The molecule has 0 aliphatic carbocycles. The quantitative estimate of drug-likeness (QED) is 0.535. The third-order valence-corrected chi connectivity index (χ3v) is 5.22. The molecular formula is C19H19F2N5O2S. The predicted molar refractivity (Wildman–Crippen MR) is 108 cm³/mol. The monoisotopic (exact) mass is 419 g/mol. The summed E-state index contributed by atoms with van der Waals surface area (Å²) in [5, 5.41) is 6.13. The minimum Gasteiger partial charge on any atom is -0.354 e. The first-order chi connectivity index (χ1) is 13.8. The molecule has 0 aliphatic rings. The Labute approximate surface area is 167 Å². The summed E-state index contributed by atoms with van der Waals surface area (Å²) in [6, 6.07) is 10.8. The van der Waals surface area contributed by atoms with Crippen LogP contribution < -0.4 is 15.4 Å². The van der Waals surface area contributed by atoms with Gasteiger partial charge in [-0.3, -0.25) is 4.72 Å². The highest BCUT2D eigenvalue weighted by Crippen LogP contribution is 2.24. The molecule has 3 aromatic rings. The summed E-state index contributed by atoms with van der Waals surface area (Å²) in [5.41, 5.74) is 1.57. The smallest absolute Gasteiger partial charge is 0.267 e. The Kier molecular flexibility index (Phi) is 5.92. The molecule has 1 aromatic heterocycles. The van der Waals surface area contributed by atoms with Crippen LogP contribution in [0.25, 0.3) is 0 Å². The van der Waals surface area contributed by atoms with Crippen LogP contribution in [0.5, 0.6) is 0 Å². The normalized spacial score (nSPS) is 11.2. The van der Waals surface area contributed by atoms with E-state index in [1.54, 1.807) is 18.2 Å². The Bertz CT molecular complexity index is 1100. The Morgan fingerprint density at radius 2 is 1.59 bits per heavy atom. The van der Waals surface area contributed by atoms with Crippen molar-refractivity contribution < 1.29 is 17.2 Å². The molecule has 0 amide bonds. The van der Waals surface area contributed by atoms with Gasteiger partial charge >= 0.3 is 0 Å². The van der Waals surface area contributed by atoms with Crippen molar-refractivity contribution in [3.63, 3.8) is 0 Å². The van der Waals surface area contributed by atoms with Crippen LogP contribution in [0.1, 0.15) is 12.6 Å². The molecule has 0 saturated carbocycles. The van der Waals surface area contributed by atoms with E-state index in [0.717, 1.165) is 23.9 Å². The van der Waals surface area contributed by atoms with E-state index in [-0.39, 0.29) is 5.69 Å². The van der Waals surface area contributed by atoms with E-state index in [1.807, 2.05) is 13.8 Å². The standard InChI is InChI=1S/C19H19F2N5O2S/c1-3-22-19-23-12(2)11-17(25-19)24-13-7-9-14(10-8-13)26-29(27,28)18-15(20)5-4-6-16(18)21/h4-11,26H,3H2,1-2H3,(H2,22,23,24,25). The van der Waals surface area contributed by atoms with Crippen LogP contribution in [-0.4, -0.2) is 24.9 Å². The maximum Gasteiger partial charge on any atom is 0.267 e. The summed E-state index contributed by atoms with van der Waals surface area (Å²) in [6.07, 6.45) is 0. The van der Waals surface area contributed by atoms with Gasteiger partial charge in [-0.15, -0.1) is 0 Å². The fraction of sp³-hybridized carbons (Fsp3) is 0.158. The molecule has 29 heavy (non-hydrogen) atoms. The maximum atomic E-state index is 13.8. The number of halogens is 2. The van der Waals surface area contributed by atoms with Gasteiger partial charge in [-0.25, -0.2) is 22.2 Å². The topological polar surface area (TPSA) is 96.0 Å². The predicted octanol–water partition coefficient (Wildman–Crippen LogP) is 4.04. The zero-order chi connectivity index (χ0) is 21.0. The molecule has 152 valence electrons. The molecular weight excluding hydrogens is 400 g/mol. The number of rotatable bonds is 7. The lowest BCUT2D eigenvalue weighted by Crippen LogP contribution is -2.16. The molecule has 0 spiro atoms. The van der Waals surface area contributed by atoms with Crippen molar-refractivity contribution in [1.29, 1.82) is 0 Å². The van der Waals surface area contributed by atoms with Crippen molar-refractivity contribution >= 4 is 33.2 Å². The summed E-state index contributed by atoms with van der Waals surface area (Å²) >= 11 is 0. The Balaban J connectivity index is 1.77. The summed E-state index contributed by atoms with van der Waals surface area (Å²) in [5.74, 6) is -1.26. The molecule has 1 heterocycles. The van der Waals surface area contributed by atoms with Crippen LogP contribution >= 0.6 is 0 Å². The highest BCUT2D eigenvalue weighted by atomic mass is 32.2. The van der Waals surface area contributed by atoms with Crippen LogP contribution in [0.2, 0.25) is 0 Å². The molecule has 0 radical (unpaired) electrons. The third-order valence-electron chi connectivity index (χ3n) is 3.79. The molecule has 0 bridgehead atoms. The van der Waals surface area contributed by atoms with Crippen LogP contribution in [0, 0.1) is 18.6 Å². The maximum absolute atomic E-state index is 13.8. The van der Waals surface area contributed by atoms with E-state index < -0.39 is 26.6 Å². The lowest BCUT2D eigenvalue weighted by atomic mass is 10.3. The number of nitrogens with one attached hydrogen (secondary N) is 3. The molecule has 3 N–H and O–H groups in total. The number of hydrogen-bond donors (Lipinski definition) is 3. The summed E-state index contributed by atoms with van der Waals surface area (Å²) in [7, 11) is -4.41. The molecule has 3 rings (SSSR count). The lowest BCUT2D eigenvalue weighted by molar-refractivity contribution is 0.521. The SMILES string of the molecule is CCNc1nc(C)cc(Nc2ccc(NS(=O)(=O)c3c(F)cccc3F)cc2)n1. The highest BCUT2D eigenvalue weighted by Gasteiger charge is 2.23. The number of anilines is 4. The molecule has 2 aromatic carbocycles. The van der Waals surface area contributed by atoms with E-state index >= 15 is 0 Å². The second-order valence-electron chi connectivity index (χ2n) is 6.11. The number of aromatic nitrogens is 2. The van der Waals surface area contributed by atoms with Gasteiger partial charge in [0.15, 0.2) is 4.90 Å². The number of hydrogen-bond acceptors (Lipinski definition) is 6. The molecule has 0 unspecified atom stereocenters. The first kappa shape index (κ1) is 20.5. The van der Waals surface area contributed by atoms with Gasteiger partial charge < -0.3 is 10.6 Å². The summed E-state index contributed by atoms with van der Waals surface area (Å²) in [4.78, 5) is 7.57. The van der Waals surface area contributed by atoms with Gasteiger partial charge in [0.1, 0.15) is 17.5 Å². The van der Waals surface area contributed by atoms with Crippen molar-refractivity contribution in [1.82, 2.24) is 9.97 Å². The van der Waals surface area contributed by atoms with E-state index in [1.165, 1.54) is 12.1 Å². The van der Waals surface area contributed by atoms with Gasteiger partial charge in [0.05, 0.1) is 0 Å². The van der Waals surface area contributed by atoms with Gasteiger partial charge in [0, 0.05) is 29.7 Å². The van der Waals surface area contributed by atoms with E-state index in [0.29, 0.717) is 24.0 Å². The average molecular weight is 419 g/mol. The lowest BCUT2D eigenvalue weighted by Gasteiger charge is -2.12. The number of benzene rings is 2. The number of nitrogens with zero attached hydrogens (tertiary/aromatic N) is 2.